The molecule has 0 radical (unpaired) electrons. The van der Waals surface area contributed by atoms with E-state index in [2.05, 4.69) is 9.98 Å². The smallest absolute Gasteiger partial charge is 0.279 e. The van der Waals surface area contributed by atoms with Gasteiger partial charge in [-0.25, -0.2) is 4.99 Å². The van der Waals surface area contributed by atoms with Gasteiger partial charge in [0.25, 0.3) is 5.91 Å². The average molecular weight is 187 g/mol. The van der Waals surface area contributed by atoms with Crippen LogP contribution >= 0.6 is 0 Å². The fourth-order valence-corrected chi connectivity index (χ4v) is 1.33. The second-order valence-corrected chi connectivity index (χ2v) is 3.04. The maximum atomic E-state index is 11.4. The molecule has 0 bridgehead atoms. The van der Waals surface area contributed by atoms with E-state index in [0.29, 0.717) is 17.2 Å². The highest BCUT2D eigenvalue weighted by Crippen LogP contribution is 2.18. The summed E-state index contributed by atoms with van der Waals surface area (Å²) in [7, 11) is 0. The molecule has 0 aromatic heterocycles. The van der Waals surface area contributed by atoms with Gasteiger partial charge in [-0.3, -0.25) is 4.79 Å². The average Bonchev–Trinajstić information content (AvgIpc) is 2.44. The Labute approximate surface area is 81.2 Å². The zero-order valence-corrected chi connectivity index (χ0v) is 7.69. The molecule has 0 spiro atoms. The number of hydrogen-bond donors (Lipinski definition) is 1. The lowest BCUT2D eigenvalue weighted by Crippen LogP contribution is -2.09. The minimum Gasteiger partial charge on any atom is -0.387 e. The molecule has 1 heterocycles. The number of carbonyl (C=O) groups is 1. The monoisotopic (exact) mass is 187 g/mol. The van der Waals surface area contributed by atoms with Crippen LogP contribution in [0.25, 0.3) is 0 Å². The highest BCUT2D eigenvalue weighted by molar-refractivity contribution is 6.22. The molecule has 0 saturated carbocycles. The number of amidine groups is 2. The van der Waals surface area contributed by atoms with Crippen molar-refractivity contribution in [2.75, 3.05) is 0 Å². The zero-order chi connectivity index (χ0) is 10.1. The zero-order valence-electron chi connectivity index (χ0n) is 7.69. The molecular formula is C10H9N3O. The number of fused-ring (bicyclic) bond motifs is 1. The topological polar surface area (TPSA) is 67.8 Å². The first-order valence-corrected chi connectivity index (χ1v) is 4.21. The van der Waals surface area contributed by atoms with Gasteiger partial charge in [-0.1, -0.05) is 18.2 Å². The number of amides is 1. The number of carbonyl (C=O) groups excluding carboxylic acids is 1. The van der Waals surface area contributed by atoms with E-state index < -0.39 is 0 Å². The van der Waals surface area contributed by atoms with Gasteiger partial charge in [0, 0.05) is 5.56 Å². The molecule has 2 rings (SSSR count). The molecule has 1 aliphatic heterocycles. The number of benzene rings is 1. The number of aliphatic imine (C=N–C) groups is 2. The molecule has 0 unspecified atom stereocenters. The van der Waals surface area contributed by atoms with Gasteiger partial charge in [0.1, 0.15) is 0 Å². The van der Waals surface area contributed by atoms with E-state index in [0.717, 1.165) is 5.56 Å². The summed E-state index contributed by atoms with van der Waals surface area (Å²) in [4.78, 5) is 19.2. The third kappa shape index (κ3) is 1.31. The minimum absolute atomic E-state index is 0.249. The van der Waals surface area contributed by atoms with E-state index in [9.17, 15) is 4.79 Å². The first-order valence-electron chi connectivity index (χ1n) is 4.21. The van der Waals surface area contributed by atoms with Gasteiger partial charge in [-0.05, 0) is 13.0 Å². The molecule has 14 heavy (non-hydrogen) atoms. The number of nitrogens with two attached hydrogens (primary N) is 1. The molecule has 4 heteroatoms. The maximum Gasteiger partial charge on any atom is 0.279 e. The van der Waals surface area contributed by atoms with Crippen molar-refractivity contribution >= 4 is 17.6 Å². The standard InChI is InChI=1S/C10H9N3O/c1-6(11)12-9-7-4-2-3-5-8(7)10(14)13-9/h2-5H,1H3,(H2,11,12,13,14). The van der Waals surface area contributed by atoms with Crippen LogP contribution in [-0.4, -0.2) is 17.6 Å². The van der Waals surface area contributed by atoms with E-state index in [4.69, 9.17) is 5.73 Å². The van der Waals surface area contributed by atoms with Gasteiger partial charge in [-0.2, -0.15) is 4.99 Å². The second kappa shape index (κ2) is 3.06. The lowest BCUT2D eigenvalue weighted by Gasteiger charge is -1.96. The summed E-state index contributed by atoms with van der Waals surface area (Å²) < 4.78 is 0. The van der Waals surface area contributed by atoms with Crippen LogP contribution in [0.3, 0.4) is 0 Å². The van der Waals surface area contributed by atoms with Crippen molar-refractivity contribution in [3.63, 3.8) is 0 Å². The molecule has 70 valence electrons. The van der Waals surface area contributed by atoms with E-state index in [1.807, 2.05) is 12.1 Å². The van der Waals surface area contributed by atoms with Crippen molar-refractivity contribution in [1.29, 1.82) is 0 Å². The molecule has 0 atom stereocenters. The second-order valence-electron chi connectivity index (χ2n) is 3.04. The van der Waals surface area contributed by atoms with Crippen LogP contribution in [0.2, 0.25) is 0 Å². The van der Waals surface area contributed by atoms with Crippen LogP contribution in [-0.2, 0) is 0 Å². The van der Waals surface area contributed by atoms with Gasteiger partial charge in [0.15, 0.2) is 5.84 Å². The van der Waals surface area contributed by atoms with Crippen molar-refractivity contribution in [2.24, 2.45) is 15.7 Å². The Morgan fingerprint density at radius 1 is 1.36 bits per heavy atom. The van der Waals surface area contributed by atoms with Crippen LogP contribution in [0.5, 0.6) is 0 Å². The molecule has 2 N–H and O–H groups in total. The minimum atomic E-state index is -0.249. The fraction of sp³-hybridized carbons (Fsp3) is 0.100. The highest BCUT2D eigenvalue weighted by Gasteiger charge is 2.21. The SMILES string of the molecule is CC(N)=NC1=NC(=O)c2ccccc21. The largest absolute Gasteiger partial charge is 0.387 e. The molecule has 0 saturated heterocycles. The van der Waals surface area contributed by atoms with E-state index in [1.165, 1.54) is 0 Å². The van der Waals surface area contributed by atoms with Gasteiger partial charge in [0.05, 0.1) is 11.4 Å². The predicted octanol–water partition coefficient (Wildman–Crippen LogP) is 0.964. The Morgan fingerprint density at radius 2 is 2.00 bits per heavy atom. The van der Waals surface area contributed by atoms with Crippen molar-refractivity contribution in [2.45, 2.75) is 6.92 Å². The van der Waals surface area contributed by atoms with Gasteiger partial charge in [-0.15, -0.1) is 0 Å². The first kappa shape index (κ1) is 8.62. The van der Waals surface area contributed by atoms with Crippen LogP contribution in [0.15, 0.2) is 34.3 Å². The molecule has 4 nitrogen and oxygen atoms in total. The van der Waals surface area contributed by atoms with E-state index >= 15 is 0 Å². The molecule has 1 amide bonds. The van der Waals surface area contributed by atoms with E-state index in [1.54, 1.807) is 19.1 Å². The number of rotatable bonds is 0. The Morgan fingerprint density at radius 3 is 2.64 bits per heavy atom. The lowest BCUT2D eigenvalue weighted by molar-refractivity contribution is 0.101. The maximum absolute atomic E-state index is 11.4. The Hall–Kier alpha value is -1.97. The first-order chi connectivity index (χ1) is 6.68. The van der Waals surface area contributed by atoms with Crippen molar-refractivity contribution < 1.29 is 4.79 Å². The fourth-order valence-electron chi connectivity index (χ4n) is 1.33. The van der Waals surface area contributed by atoms with Crippen LogP contribution < -0.4 is 5.73 Å². The molecule has 0 aliphatic carbocycles. The Balaban J connectivity index is 2.54. The quantitative estimate of drug-likeness (QED) is 0.485. The summed E-state index contributed by atoms with van der Waals surface area (Å²) in [6, 6.07) is 7.18. The molecule has 1 aromatic rings. The third-order valence-corrected chi connectivity index (χ3v) is 1.89. The van der Waals surface area contributed by atoms with Crippen LogP contribution in [0, 0.1) is 0 Å². The van der Waals surface area contributed by atoms with Crippen molar-refractivity contribution in [3.05, 3.63) is 35.4 Å². The number of nitrogens with zero attached hydrogens (tertiary/aromatic N) is 2. The summed E-state index contributed by atoms with van der Waals surface area (Å²) in [5.41, 5.74) is 6.78. The lowest BCUT2D eigenvalue weighted by atomic mass is 10.1. The van der Waals surface area contributed by atoms with Crippen LogP contribution in [0.1, 0.15) is 22.8 Å². The normalized spacial score (nSPS) is 15.4. The summed E-state index contributed by atoms with van der Waals surface area (Å²) in [6.07, 6.45) is 0. The van der Waals surface area contributed by atoms with Crippen LogP contribution in [0.4, 0.5) is 0 Å². The Kier molecular flexibility index (Phi) is 1.89. The van der Waals surface area contributed by atoms with Gasteiger partial charge in [0.2, 0.25) is 0 Å². The molecular weight excluding hydrogens is 178 g/mol. The number of hydrogen-bond acceptors (Lipinski definition) is 2. The molecule has 1 aromatic carbocycles. The third-order valence-electron chi connectivity index (χ3n) is 1.89. The van der Waals surface area contributed by atoms with Gasteiger partial charge < -0.3 is 5.73 Å². The highest BCUT2D eigenvalue weighted by atomic mass is 16.1. The Bertz CT molecular complexity index is 456. The molecule has 0 fully saturated rings. The molecule has 1 aliphatic rings. The predicted molar refractivity (Wildman–Crippen MR) is 54.6 cm³/mol. The van der Waals surface area contributed by atoms with Crippen molar-refractivity contribution in [3.8, 4) is 0 Å². The van der Waals surface area contributed by atoms with Gasteiger partial charge >= 0.3 is 0 Å². The summed E-state index contributed by atoms with van der Waals surface area (Å²) in [5.74, 6) is 0.555. The van der Waals surface area contributed by atoms with Crippen molar-refractivity contribution in [1.82, 2.24) is 0 Å². The summed E-state index contributed by atoms with van der Waals surface area (Å²) in [6.45, 7) is 1.66. The summed E-state index contributed by atoms with van der Waals surface area (Å²) >= 11 is 0. The van der Waals surface area contributed by atoms with E-state index in [-0.39, 0.29) is 5.91 Å². The summed E-state index contributed by atoms with van der Waals surface area (Å²) in [5, 5.41) is 0.